The lowest BCUT2D eigenvalue weighted by molar-refractivity contribution is -0.127. The molecule has 10 heteroatoms. The number of hydrogen-bond donors (Lipinski definition) is 1. The van der Waals surface area contributed by atoms with Crippen molar-refractivity contribution in [2.75, 3.05) is 18.5 Å². The highest BCUT2D eigenvalue weighted by Gasteiger charge is 2.36. The maximum absolute atomic E-state index is 13.1. The van der Waals surface area contributed by atoms with E-state index >= 15 is 0 Å². The third-order valence-electron chi connectivity index (χ3n) is 6.18. The minimum absolute atomic E-state index is 0.132. The van der Waals surface area contributed by atoms with Crippen LogP contribution in [0.5, 0.6) is 11.5 Å². The molecule has 0 radical (unpaired) electrons. The Labute approximate surface area is 244 Å². The predicted octanol–water partition coefficient (Wildman–Crippen LogP) is 7.29. The number of hydrogen-bond acceptors (Lipinski definition) is 6. The Hall–Kier alpha value is -4.34. The van der Waals surface area contributed by atoms with E-state index in [0.29, 0.717) is 29.4 Å². The van der Waals surface area contributed by atoms with Gasteiger partial charge in [0.25, 0.3) is 11.1 Å². The molecule has 41 heavy (non-hydrogen) atoms. The summed E-state index contributed by atoms with van der Waals surface area (Å²) in [5.74, 6) is -0.890. The van der Waals surface area contributed by atoms with Crippen LogP contribution in [-0.4, -0.2) is 35.1 Å². The predicted molar refractivity (Wildman–Crippen MR) is 159 cm³/mol. The molecule has 1 aliphatic rings. The zero-order valence-electron chi connectivity index (χ0n) is 21.9. The highest BCUT2D eigenvalue weighted by molar-refractivity contribution is 8.18. The molecule has 1 saturated heterocycles. The molecule has 0 spiro atoms. The first-order valence-electron chi connectivity index (χ1n) is 12.7. The van der Waals surface area contributed by atoms with Gasteiger partial charge in [-0.1, -0.05) is 54.1 Å². The fourth-order valence-corrected chi connectivity index (χ4v) is 5.42. The molecule has 0 bridgehead atoms. The topological polar surface area (TPSA) is 84.9 Å². The number of halogens is 2. The monoisotopic (exact) mass is 590 g/mol. The molecule has 0 atom stereocenters. The number of carbonyl (C=O) groups excluding carboxylic acids is 3. The standard InChI is InChI=1S/C31H24ClFN2O5S/c1-2-39-26-15-19(14-25(32)29(26)40-18-21-8-5-7-20-6-3-4-9-24(20)21)16-27-30(37)35(31(38)41-27)17-28(36)34-23-12-10-22(33)11-13-23/h3-16H,2,17-18H2,1H3,(H,34,36)/b27-16-. The first-order valence-corrected chi connectivity index (χ1v) is 13.9. The van der Waals surface area contributed by atoms with Crippen LogP contribution in [0.15, 0.2) is 83.8 Å². The van der Waals surface area contributed by atoms with E-state index in [1.807, 2.05) is 49.4 Å². The van der Waals surface area contributed by atoms with Crippen LogP contribution >= 0.6 is 23.4 Å². The number of nitrogens with one attached hydrogen (secondary N) is 1. The van der Waals surface area contributed by atoms with Gasteiger partial charge in [-0.2, -0.15) is 0 Å². The number of nitrogens with zero attached hydrogens (tertiary/aromatic N) is 1. The number of rotatable bonds is 9. The van der Waals surface area contributed by atoms with Crippen molar-refractivity contribution in [2.45, 2.75) is 13.5 Å². The van der Waals surface area contributed by atoms with Crippen molar-refractivity contribution >= 4 is 63.0 Å². The van der Waals surface area contributed by atoms with Crippen LogP contribution in [0, 0.1) is 5.82 Å². The fraction of sp³-hybridized carbons (Fsp3) is 0.129. The van der Waals surface area contributed by atoms with Crippen LogP contribution in [0.25, 0.3) is 16.8 Å². The maximum Gasteiger partial charge on any atom is 0.294 e. The van der Waals surface area contributed by atoms with E-state index in [0.717, 1.165) is 33.0 Å². The lowest BCUT2D eigenvalue weighted by Gasteiger charge is -2.15. The number of carbonyl (C=O) groups is 3. The van der Waals surface area contributed by atoms with Gasteiger partial charge in [-0.15, -0.1) is 0 Å². The summed E-state index contributed by atoms with van der Waals surface area (Å²) in [6, 6.07) is 22.5. The average Bonchev–Trinajstić information content (AvgIpc) is 3.21. The summed E-state index contributed by atoms with van der Waals surface area (Å²) >= 11 is 7.33. The lowest BCUT2D eigenvalue weighted by atomic mass is 10.1. The van der Waals surface area contributed by atoms with Crippen molar-refractivity contribution < 1.29 is 28.2 Å². The Morgan fingerprint density at radius 3 is 2.56 bits per heavy atom. The molecular weight excluding hydrogens is 567 g/mol. The van der Waals surface area contributed by atoms with Crippen LogP contribution < -0.4 is 14.8 Å². The number of amides is 3. The first kappa shape index (κ1) is 28.2. The summed E-state index contributed by atoms with van der Waals surface area (Å²) in [5.41, 5.74) is 1.86. The molecule has 3 amide bonds. The molecule has 208 valence electrons. The molecule has 1 N–H and O–H groups in total. The van der Waals surface area contributed by atoms with Gasteiger partial charge in [0, 0.05) is 5.69 Å². The maximum atomic E-state index is 13.1. The van der Waals surface area contributed by atoms with E-state index in [2.05, 4.69) is 5.32 Å². The summed E-state index contributed by atoms with van der Waals surface area (Å²) in [6.07, 6.45) is 1.52. The first-order chi connectivity index (χ1) is 19.8. The van der Waals surface area contributed by atoms with E-state index in [-0.39, 0.29) is 16.5 Å². The molecular formula is C31H24ClFN2O5S. The van der Waals surface area contributed by atoms with Gasteiger partial charge in [-0.25, -0.2) is 4.39 Å². The number of anilines is 1. The molecule has 7 nitrogen and oxygen atoms in total. The van der Waals surface area contributed by atoms with E-state index in [9.17, 15) is 18.8 Å². The van der Waals surface area contributed by atoms with Gasteiger partial charge in [-0.3, -0.25) is 19.3 Å². The van der Waals surface area contributed by atoms with Gasteiger partial charge >= 0.3 is 0 Å². The molecule has 1 fully saturated rings. The molecule has 0 unspecified atom stereocenters. The van der Waals surface area contributed by atoms with Gasteiger partial charge in [-0.05, 0) is 83.1 Å². The molecule has 4 aromatic rings. The van der Waals surface area contributed by atoms with E-state index in [1.165, 1.54) is 30.3 Å². The Balaban J connectivity index is 1.32. The zero-order valence-corrected chi connectivity index (χ0v) is 23.4. The Bertz CT molecular complexity index is 1670. The minimum atomic E-state index is -0.611. The van der Waals surface area contributed by atoms with Crippen molar-refractivity contribution in [3.63, 3.8) is 0 Å². The third-order valence-corrected chi connectivity index (χ3v) is 7.37. The van der Waals surface area contributed by atoms with Crippen molar-refractivity contribution in [1.82, 2.24) is 4.90 Å². The van der Waals surface area contributed by atoms with Crippen LogP contribution in [0.2, 0.25) is 5.02 Å². The van der Waals surface area contributed by atoms with Gasteiger partial charge < -0.3 is 14.8 Å². The Morgan fingerprint density at radius 1 is 1.02 bits per heavy atom. The zero-order chi connectivity index (χ0) is 28.9. The normalized spacial score (nSPS) is 14.1. The van der Waals surface area contributed by atoms with Crippen molar-refractivity contribution in [3.8, 4) is 11.5 Å². The smallest absolute Gasteiger partial charge is 0.294 e. The number of benzene rings is 4. The van der Waals surface area contributed by atoms with E-state index in [4.69, 9.17) is 21.1 Å². The van der Waals surface area contributed by atoms with Crippen LogP contribution in [0.1, 0.15) is 18.1 Å². The third kappa shape index (κ3) is 6.53. The van der Waals surface area contributed by atoms with Gasteiger partial charge in [0.1, 0.15) is 19.0 Å². The molecule has 1 aliphatic heterocycles. The highest BCUT2D eigenvalue weighted by atomic mass is 35.5. The van der Waals surface area contributed by atoms with Gasteiger partial charge in [0.15, 0.2) is 11.5 Å². The largest absolute Gasteiger partial charge is 0.490 e. The lowest BCUT2D eigenvalue weighted by Crippen LogP contribution is -2.36. The number of imide groups is 1. The molecule has 0 saturated carbocycles. The second-order valence-electron chi connectivity index (χ2n) is 9.01. The number of fused-ring (bicyclic) bond motifs is 1. The Morgan fingerprint density at radius 2 is 1.78 bits per heavy atom. The van der Waals surface area contributed by atoms with Crippen LogP contribution in [-0.2, 0) is 16.2 Å². The summed E-state index contributed by atoms with van der Waals surface area (Å²) < 4.78 is 25.0. The molecule has 0 aromatic heterocycles. The van der Waals surface area contributed by atoms with Crippen molar-refractivity contribution in [1.29, 1.82) is 0 Å². The second kappa shape index (κ2) is 12.4. The average molecular weight is 591 g/mol. The summed E-state index contributed by atoms with van der Waals surface area (Å²) in [7, 11) is 0. The van der Waals surface area contributed by atoms with Gasteiger partial charge in [0.2, 0.25) is 5.91 Å². The Kier molecular flexibility index (Phi) is 8.56. The van der Waals surface area contributed by atoms with Gasteiger partial charge in [0.05, 0.1) is 16.5 Å². The molecule has 5 rings (SSSR count). The molecule has 4 aromatic carbocycles. The van der Waals surface area contributed by atoms with Crippen LogP contribution in [0.3, 0.4) is 0 Å². The summed E-state index contributed by atoms with van der Waals surface area (Å²) in [5, 5.41) is 4.41. The summed E-state index contributed by atoms with van der Waals surface area (Å²) in [4.78, 5) is 38.9. The minimum Gasteiger partial charge on any atom is -0.490 e. The van der Waals surface area contributed by atoms with Crippen molar-refractivity contribution in [2.24, 2.45) is 0 Å². The quantitative estimate of drug-likeness (QED) is 0.206. The highest BCUT2D eigenvalue weighted by Crippen LogP contribution is 2.40. The summed E-state index contributed by atoms with van der Waals surface area (Å²) in [6.45, 7) is 1.96. The number of ether oxygens (including phenoxy) is 2. The van der Waals surface area contributed by atoms with Crippen LogP contribution in [0.4, 0.5) is 14.9 Å². The molecule has 0 aliphatic carbocycles. The number of thioether (sulfide) groups is 1. The fourth-order valence-electron chi connectivity index (χ4n) is 4.31. The van der Waals surface area contributed by atoms with E-state index < -0.39 is 29.4 Å². The molecule has 1 heterocycles. The second-order valence-corrected chi connectivity index (χ2v) is 10.4. The SMILES string of the molecule is CCOc1cc(/C=C2\SC(=O)N(CC(=O)Nc3ccc(F)cc3)C2=O)cc(Cl)c1OCc1cccc2ccccc12. The van der Waals surface area contributed by atoms with E-state index in [1.54, 1.807) is 12.1 Å². The van der Waals surface area contributed by atoms with Crippen molar-refractivity contribution in [3.05, 3.63) is 106 Å².